The summed E-state index contributed by atoms with van der Waals surface area (Å²) in [5, 5.41) is 5.19. The van der Waals surface area contributed by atoms with E-state index in [-0.39, 0.29) is 0 Å². The Morgan fingerprint density at radius 1 is 0.500 bits per heavy atom. The highest BCUT2D eigenvalue weighted by Crippen LogP contribution is 2.50. The maximum Gasteiger partial charge on any atom is 0.0659 e. The fourth-order valence-electron chi connectivity index (χ4n) is 4.24. The maximum absolute atomic E-state index is 2.45. The largest absolute Gasteiger partial charge is 0.338 e. The third-order valence-corrected chi connectivity index (χ3v) is 5.48. The summed E-state index contributed by atoms with van der Waals surface area (Å²) in [6, 6.07) is 26.7. The molecule has 1 aliphatic rings. The molecule has 0 saturated carbocycles. The number of fused-ring (bicyclic) bond motifs is 4. The van der Waals surface area contributed by atoms with Gasteiger partial charge in [-0.25, -0.2) is 0 Å². The van der Waals surface area contributed by atoms with Crippen molar-refractivity contribution in [3.8, 4) is 0 Å². The van der Waals surface area contributed by atoms with Gasteiger partial charge in [-0.1, -0.05) is 48.5 Å². The Bertz CT molecular complexity index is 953. The lowest BCUT2D eigenvalue weighted by Crippen LogP contribution is -2.29. The van der Waals surface area contributed by atoms with Crippen LogP contribution in [0.15, 0.2) is 72.8 Å². The second-order valence-corrected chi connectivity index (χ2v) is 6.86. The van der Waals surface area contributed by atoms with Crippen LogP contribution in [0.2, 0.25) is 0 Å². The highest BCUT2D eigenvalue weighted by Gasteiger charge is 2.27. The number of nitrogens with zero attached hydrogens (tertiary/aromatic N) is 2. The Morgan fingerprint density at radius 3 is 1.00 bits per heavy atom. The van der Waals surface area contributed by atoms with Gasteiger partial charge >= 0.3 is 0 Å². The fourth-order valence-corrected chi connectivity index (χ4v) is 4.24. The maximum atomic E-state index is 2.45. The Labute approximate surface area is 154 Å². The first-order valence-electron chi connectivity index (χ1n) is 9.41. The van der Waals surface area contributed by atoms with Crippen molar-refractivity contribution in [3.05, 3.63) is 72.8 Å². The van der Waals surface area contributed by atoms with Crippen LogP contribution in [0.3, 0.4) is 0 Å². The minimum Gasteiger partial charge on any atom is -0.338 e. The van der Waals surface area contributed by atoms with Crippen molar-refractivity contribution in [2.45, 2.75) is 13.8 Å². The quantitative estimate of drug-likeness (QED) is 0.405. The molecular weight excluding hydrogens is 316 g/mol. The van der Waals surface area contributed by atoms with Crippen molar-refractivity contribution >= 4 is 44.3 Å². The highest BCUT2D eigenvalue weighted by molar-refractivity contribution is 6.04. The third kappa shape index (κ3) is 2.12. The molecule has 4 aromatic carbocycles. The van der Waals surface area contributed by atoms with E-state index in [4.69, 9.17) is 0 Å². The van der Waals surface area contributed by atoms with Gasteiger partial charge in [0.25, 0.3) is 0 Å². The smallest absolute Gasteiger partial charge is 0.0659 e. The lowest BCUT2D eigenvalue weighted by molar-refractivity contribution is 0.950. The van der Waals surface area contributed by atoms with Crippen molar-refractivity contribution in [2.24, 2.45) is 0 Å². The molecule has 5 rings (SSSR count). The Hall–Kier alpha value is -3.00. The van der Waals surface area contributed by atoms with Gasteiger partial charge in [0.2, 0.25) is 0 Å². The number of hydrogen-bond donors (Lipinski definition) is 0. The van der Waals surface area contributed by atoms with Crippen molar-refractivity contribution in [1.82, 2.24) is 0 Å². The molecule has 0 unspecified atom stereocenters. The topological polar surface area (TPSA) is 6.48 Å². The van der Waals surface area contributed by atoms with Crippen molar-refractivity contribution in [2.75, 3.05) is 22.9 Å². The van der Waals surface area contributed by atoms with Gasteiger partial charge in [0.15, 0.2) is 0 Å². The van der Waals surface area contributed by atoms with Crippen LogP contribution in [-0.4, -0.2) is 13.1 Å². The van der Waals surface area contributed by atoms with E-state index in [1.807, 2.05) is 0 Å². The van der Waals surface area contributed by atoms with E-state index in [1.54, 1.807) is 0 Å². The van der Waals surface area contributed by atoms with Gasteiger partial charge in [-0.3, -0.25) is 0 Å². The molecule has 0 radical (unpaired) electrons. The highest BCUT2D eigenvalue weighted by atomic mass is 15.3. The molecule has 26 heavy (non-hydrogen) atoms. The zero-order chi connectivity index (χ0) is 17.7. The van der Waals surface area contributed by atoms with Gasteiger partial charge in [-0.2, -0.15) is 0 Å². The molecule has 2 heteroatoms. The first kappa shape index (κ1) is 15.3. The average Bonchev–Trinajstić information content (AvgIpc) is 2.69. The van der Waals surface area contributed by atoms with Crippen LogP contribution in [0, 0.1) is 0 Å². The number of hydrogen-bond acceptors (Lipinski definition) is 2. The molecule has 128 valence electrons. The van der Waals surface area contributed by atoms with Gasteiger partial charge in [0, 0.05) is 13.1 Å². The Balaban J connectivity index is 1.83. The molecule has 0 spiro atoms. The first-order valence-corrected chi connectivity index (χ1v) is 9.41. The van der Waals surface area contributed by atoms with Gasteiger partial charge in [-0.15, -0.1) is 0 Å². The Morgan fingerprint density at radius 2 is 0.769 bits per heavy atom. The average molecular weight is 338 g/mol. The first-order chi connectivity index (χ1) is 12.8. The molecule has 1 aliphatic heterocycles. The van der Waals surface area contributed by atoms with Gasteiger partial charge in [-0.05, 0) is 59.7 Å². The molecular formula is C24H22N2. The van der Waals surface area contributed by atoms with E-state index >= 15 is 0 Å². The lowest BCUT2D eigenvalue weighted by atomic mass is 10.00. The van der Waals surface area contributed by atoms with Gasteiger partial charge < -0.3 is 9.80 Å². The summed E-state index contributed by atoms with van der Waals surface area (Å²) in [5.41, 5.74) is 5.21. The lowest BCUT2D eigenvalue weighted by Gasteiger charge is -2.40. The monoisotopic (exact) mass is 338 g/mol. The number of rotatable bonds is 2. The second-order valence-electron chi connectivity index (χ2n) is 6.86. The Kier molecular flexibility index (Phi) is 3.39. The van der Waals surface area contributed by atoms with E-state index in [2.05, 4.69) is 96.4 Å². The minimum absolute atomic E-state index is 0.953. The van der Waals surface area contributed by atoms with Crippen molar-refractivity contribution in [1.29, 1.82) is 0 Å². The molecule has 0 amide bonds. The normalized spacial score (nSPS) is 13.2. The summed E-state index contributed by atoms with van der Waals surface area (Å²) < 4.78 is 0. The molecule has 0 saturated heterocycles. The van der Waals surface area contributed by atoms with Crippen LogP contribution in [0.4, 0.5) is 22.7 Å². The second kappa shape index (κ2) is 5.77. The summed E-state index contributed by atoms with van der Waals surface area (Å²) in [5.74, 6) is 0. The summed E-state index contributed by atoms with van der Waals surface area (Å²) in [4.78, 5) is 4.91. The van der Waals surface area contributed by atoms with Crippen LogP contribution >= 0.6 is 0 Å². The van der Waals surface area contributed by atoms with E-state index in [0.29, 0.717) is 0 Å². The summed E-state index contributed by atoms with van der Waals surface area (Å²) in [6.45, 7) is 6.38. The molecule has 4 aromatic rings. The predicted molar refractivity (Wildman–Crippen MR) is 113 cm³/mol. The zero-order valence-electron chi connectivity index (χ0n) is 15.2. The molecule has 0 bridgehead atoms. The summed E-state index contributed by atoms with van der Waals surface area (Å²) in [6.07, 6.45) is 0. The van der Waals surface area contributed by atoms with Gasteiger partial charge in [0.05, 0.1) is 22.7 Å². The third-order valence-electron chi connectivity index (χ3n) is 5.48. The zero-order valence-corrected chi connectivity index (χ0v) is 15.2. The standard InChI is InChI=1S/C24H22N2/c1-3-25-21-13-17-9-5-7-11-19(17)15-23(21)26(4-2)24-16-20-12-8-6-10-18(20)14-22(24)25/h5-16H,3-4H2,1-2H3. The van der Waals surface area contributed by atoms with Crippen LogP contribution in [0.5, 0.6) is 0 Å². The molecule has 0 fully saturated rings. The molecule has 0 atom stereocenters. The van der Waals surface area contributed by atoms with Crippen LogP contribution < -0.4 is 9.80 Å². The molecule has 0 aromatic heterocycles. The fraction of sp³-hybridized carbons (Fsp3) is 0.167. The molecule has 0 aliphatic carbocycles. The van der Waals surface area contributed by atoms with Crippen molar-refractivity contribution < 1.29 is 0 Å². The predicted octanol–water partition coefficient (Wildman–Crippen LogP) is 6.62. The molecule has 1 heterocycles. The van der Waals surface area contributed by atoms with Gasteiger partial charge in [0.1, 0.15) is 0 Å². The van der Waals surface area contributed by atoms with E-state index in [0.717, 1.165) is 13.1 Å². The number of benzene rings is 4. The van der Waals surface area contributed by atoms with Crippen molar-refractivity contribution in [3.63, 3.8) is 0 Å². The molecule has 0 N–H and O–H groups in total. The van der Waals surface area contributed by atoms with Crippen LogP contribution in [0.1, 0.15) is 13.8 Å². The van der Waals surface area contributed by atoms with E-state index < -0.39 is 0 Å². The summed E-state index contributed by atoms with van der Waals surface area (Å²) >= 11 is 0. The minimum atomic E-state index is 0.953. The SMILES string of the molecule is CCN1c2cc3ccccc3cc2N(CC)c2cc3ccccc3cc21. The summed E-state index contributed by atoms with van der Waals surface area (Å²) in [7, 11) is 0. The van der Waals surface area contributed by atoms with Crippen LogP contribution in [0.25, 0.3) is 21.5 Å². The van der Waals surface area contributed by atoms with E-state index in [9.17, 15) is 0 Å². The van der Waals surface area contributed by atoms with E-state index in [1.165, 1.54) is 44.3 Å². The number of anilines is 4. The van der Waals surface area contributed by atoms with Crippen LogP contribution in [-0.2, 0) is 0 Å². The molecule has 2 nitrogen and oxygen atoms in total.